The Morgan fingerprint density at radius 3 is 2.96 bits per heavy atom. The summed E-state index contributed by atoms with van der Waals surface area (Å²) in [4.78, 5) is 17.4. The first kappa shape index (κ1) is 17.0. The maximum atomic E-state index is 12.8. The number of ether oxygens (including phenoxy) is 2. The number of nitrogens with zero attached hydrogens (tertiary/aromatic N) is 1. The summed E-state index contributed by atoms with van der Waals surface area (Å²) in [6.45, 7) is 1.97. The van der Waals surface area contributed by atoms with Crippen molar-refractivity contribution in [2.45, 2.75) is 6.10 Å². The minimum absolute atomic E-state index is 0.145. The summed E-state index contributed by atoms with van der Waals surface area (Å²) < 4.78 is 16.3. The fourth-order valence-electron chi connectivity index (χ4n) is 2.91. The lowest BCUT2D eigenvalue weighted by Gasteiger charge is -2.23. The van der Waals surface area contributed by atoms with E-state index < -0.39 is 0 Å². The molecule has 2 aromatic heterocycles. The van der Waals surface area contributed by atoms with Crippen LogP contribution in [0.4, 0.5) is 0 Å². The van der Waals surface area contributed by atoms with Crippen molar-refractivity contribution < 1.29 is 18.7 Å². The van der Waals surface area contributed by atoms with E-state index in [-0.39, 0.29) is 12.0 Å². The molecule has 0 spiro atoms. The van der Waals surface area contributed by atoms with Gasteiger partial charge in [0.05, 0.1) is 48.3 Å². The van der Waals surface area contributed by atoms with Crippen molar-refractivity contribution >= 4 is 28.4 Å². The molecule has 1 fully saturated rings. The van der Waals surface area contributed by atoms with Crippen molar-refractivity contribution in [1.82, 2.24) is 10.3 Å². The van der Waals surface area contributed by atoms with E-state index in [0.29, 0.717) is 59.3 Å². The zero-order chi connectivity index (χ0) is 17.9. The number of carbonyl (C=O) groups is 1. The third kappa shape index (κ3) is 3.44. The van der Waals surface area contributed by atoms with Crippen molar-refractivity contribution in [3.8, 4) is 11.5 Å². The molecule has 7 heteroatoms. The van der Waals surface area contributed by atoms with Crippen LogP contribution < -0.4 is 5.32 Å². The van der Waals surface area contributed by atoms with E-state index in [1.807, 2.05) is 6.07 Å². The van der Waals surface area contributed by atoms with Crippen LogP contribution in [0.3, 0.4) is 0 Å². The van der Waals surface area contributed by atoms with Crippen LogP contribution in [0.5, 0.6) is 0 Å². The molecule has 26 heavy (non-hydrogen) atoms. The van der Waals surface area contributed by atoms with Gasteiger partial charge in [-0.05, 0) is 24.3 Å². The van der Waals surface area contributed by atoms with Crippen LogP contribution in [0.1, 0.15) is 10.4 Å². The average molecular weight is 373 g/mol. The summed E-state index contributed by atoms with van der Waals surface area (Å²) in [5.41, 5.74) is 1.60. The zero-order valence-corrected chi connectivity index (χ0v) is 14.7. The van der Waals surface area contributed by atoms with Crippen LogP contribution in [-0.2, 0) is 9.47 Å². The maximum absolute atomic E-state index is 12.8. The second-order valence-electron chi connectivity index (χ2n) is 5.95. The minimum Gasteiger partial charge on any atom is -0.463 e. The largest absolute Gasteiger partial charge is 0.463 e. The molecule has 1 atom stereocenters. The minimum atomic E-state index is -0.221. The van der Waals surface area contributed by atoms with Crippen molar-refractivity contribution in [2.24, 2.45) is 0 Å². The number of benzene rings is 1. The summed E-state index contributed by atoms with van der Waals surface area (Å²) in [5, 5.41) is 4.07. The summed E-state index contributed by atoms with van der Waals surface area (Å²) in [5.74, 6) is 0.353. The fraction of sp³-hybridized carbons (Fsp3) is 0.263. The lowest BCUT2D eigenvalue weighted by Crippen LogP contribution is -2.39. The SMILES string of the molecule is O=C(NCC1COCCO1)c1cc(-c2ccco2)nc2c(Cl)cccc12. The number of carbonyl (C=O) groups excluding carboxylic acids is 1. The molecule has 1 amide bonds. The first-order chi connectivity index (χ1) is 12.7. The Balaban J connectivity index is 1.68. The van der Waals surface area contributed by atoms with Gasteiger partial charge in [0.15, 0.2) is 5.76 Å². The third-order valence-electron chi connectivity index (χ3n) is 4.18. The Labute approximate surface area is 155 Å². The lowest BCUT2D eigenvalue weighted by molar-refractivity contribution is -0.0855. The van der Waals surface area contributed by atoms with E-state index >= 15 is 0 Å². The molecule has 1 aromatic carbocycles. The predicted octanol–water partition coefficient (Wildman–Crippen LogP) is 3.29. The van der Waals surface area contributed by atoms with Crippen LogP contribution in [0.25, 0.3) is 22.4 Å². The standard InChI is InChI=1S/C19H17ClN2O4/c20-15-4-1-3-13-14(19(23)21-10-12-11-24-7-8-25-12)9-16(22-18(13)15)17-5-2-6-26-17/h1-6,9,12H,7-8,10-11H2,(H,21,23). The van der Waals surface area contributed by atoms with E-state index in [9.17, 15) is 4.79 Å². The van der Waals surface area contributed by atoms with Crippen molar-refractivity contribution in [3.05, 3.63) is 53.2 Å². The van der Waals surface area contributed by atoms with Gasteiger partial charge in [0.2, 0.25) is 0 Å². The number of nitrogens with one attached hydrogen (secondary N) is 1. The second-order valence-corrected chi connectivity index (χ2v) is 6.35. The van der Waals surface area contributed by atoms with E-state index in [4.69, 9.17) is 25.5 Å². The second kappa shape index (κ2) is 7.45. The molecule has 134 valence electrons. The quantitative estimate of drug-likeness (QED) is 0.760. The van der Waals surface area contributed by atoms with Crippen molar-refractivity contribution in [2.75, 3.05) is 26.4 Å². The Morgan fingerprint density at radius 2 is 2.19 bits per heavy atom. The molecule has 6 nitrogen and oxygen atoms in total. The lowest BCUT2D eigenvalue weighted by atomic mass is 10.1. The van der Waals surface area contributed by atoms with E-state index in [1.165, 1.54) is 0 Å². The molecule has 0 bridgehead atoms. The normalized spacial score (nSPS) is 17.3. The Kier molecular flexibility index (Phi) is 4.88. The van der Waals surface area contributed by atoms with E-state index in [2.05, 4.69) is 10.3 Å². The van der Waals surface area contributed by atoms with Gasteiger partial charge in [-0.25, -0.2) is 4.98 Å². The Hall–Kier alpha value is -2.41. The first-order valence-corrected chi connectivity index (χ1v) is 8.71. The molecule has 1 saturated heterocycles. The smallest absolute Gasteiger partial charge is 0.252 e. The highest BCUT2D eigenvalue weighted by Crippen LogP contribution is 2.29. The van der Waals surface area contributed by atoms with E-state index in [1.54, 1.807) is 36.6 Å². The summed E-state index contributed by atoms with van der Waals surface area (Å²) in [7, 11) is 0. The van der Waals surface area contributed by atoms with Gasteiger partial charge in [-0.15, -0.1) is 0 Å². The monoisotopic (exact) mass is 372 g/mol. The molecule has 1 aliphatic rings. The Morgan fingerprint density at radius 1 is 1.27 bits per heavy atom. The van der Waals surface area contributed by atoms with E-state index in [0.717, 1.165) is 0 Å². The molecule has 1 unspecified atom stereocenters. The molecular weight excluding hydrogens is 356 g/mol. The highest BCUT2D eigenvalue weighted by molar-refractivity contribution is 6.35. The first-order valence-electron chi connectivity index (χ1n) is 8.33. The van der Waals surface area contributed by atoms with Crippen LogP contribution in [0.2, 0.25) is 5.02 Å². The van der Waals surface area contributed by atoms with Gasteiger partial charge in [0.25, 0.3) is 5.91 Å². The number of fused-ring (bicyclic) bond motifs is 1. The molecule has 0 saturated carbocycles. The molecule has 4 rings (SSSR count). The molecule has 0 radical (unpaired) electrons. The number of hydrogen-bond acceptors (Lipinski definition) is 5. The van der Waals surface area contributed by atoms with Gasteiger partial charge < -0.3 is 19.2 Å². The van der Waals surface area contributed by atoms with Crippen LogP contribution in [0.15, 0.2) is 47.1 Å². The highest BCUT2D eigenvalue weighted by Gasteiger charge is 2.19. The molecule has 3 aromatic rings. The number of rotatable bonds is 4. The van der Waals surface area contributed by atoms with Crippen LogP contribution in [-0.4, -0.2) is 43.4 Å². The van der Waals surface area contributed by atoms with Gasteiger partial charge in [-0.1, -0.05) is 23.7 Å². The topological polar surface area (TPSA) is 73.6 Å². The highest BCUT2D eigenvalue weighted by atomic mass is 35.5. The summed E-state index contributed by atoms with van der Waals surface area (Å²) >= 11 is 6.30. The van der Waals surface area contributed by atoms with Gasteiger partial charge in [-0.3, -0.25) is 4.79 Å². The molecule has 3 heterocycles. The van der Waals surface area contributed by atoms with Crippen LogP contribution in [0, 0.1) is 0 Å². The third-order valence-corrected chi connectivity index (χ3v) is 4.49. The number of hydrogen-bond donors (Lipinski definition) is 1. The van der Waals surface area contributed by atoms with Crippen LogP contribution >= 0.6 is 11.6 Å². The molecule has 1 aliphatic heterocycles. The summed E-state index contributed by atoms with van der Waals surface area (Å²) in [6.07, 6.45) is 1.42. The number of para-hydroxylation sites is 1. The number of furan rings is 1. The molecular formula is C19H17ClN2O4. The zero-order valence-electron chi connectivity index (χ0n) is 13.9. The van der Waals surface area contributed by atoms with Gasteiger partial charge in [-0.2, -0.15) is 0 Å². The summed E-state index contributed by atoms with van der Waals surface area (Å²) in [6, 6.07) is 10.7. The number of halogens is 1. The predicted molar refractivity (Wildman–Crippen MR) is 97.3 cm³/mol. The molecule has 0 aliphatic carbocycles. The average Bonchev–Trinajstić information content (AvgIpc) is 3.21. The van der Waals surface area contributed by atoms with Gasteiger partial charge in [0.1, 0.15) is 5.69 Å². The van der Waals surface area contributed by atoms with Crippen molar-refractivity contribution in [1.29, 1.82) is 0 Å². The number of pyridine rings is 1. The number of amides is 1. The van der Waals surface area contributed by atoms with Crippen molar-refractivity contribution in [3.63, 3.8) is 0 Å². The fourth-order valence-corrected chi connectivity index (χ4v) is 3.12. The van der Waals surface area contributed by atoms with Gasteiger partial charge in [0, 0.05) is 11.9 Å². The Bertz CT molecular complexity index is 921. The number of aromatic nitrogens is 1. The molecule has 1 N–H and O–H groups in total. The maximum Gasteiger partial charge on any atom is 0.252 e. The van der Waals surface area contributed by atoms with Gasteiger partial charge >= 0.3 is 0 Å².